The van der Waals surface area contributed by atoms with Gasteiger partial charge >= 0.3 is 0 Å². The number of aromatic amines is 1. The minimum Gasteiger partial charge on any atom is -0.304 e. The highest BCUT2D eigenvalue weighted by Crippen LogP contribution is 2.08. The maximum atomic E-state index is 11.5. The Morgan fingerprint density at radius 1 is 1.43 bits per heavy atom. The molecule has 0 aliphatic rings. The second kappa shape index (κ2) is 3.17. The van der Waals surface area contributed by atoms with Gasteiger partial charge in [-0.2, -0.15) is 0 Å². The number of aromatic nitrogens is 4. The molecule has 1 N–H and O–H groups in total. The third-order valence-corrected chi connectivity index (χ3v) is 1.95. The molecule has 2 heterocycles. The highest BCUT2D eigenvalue weighted by molar-refractivity contribution is 5.67. The summed E-state index contributed by atoms with van der Waals surface area (Å²) >= 11 is 0. The monoisotopic (exact) mass is 190 g/mol. The summed E-state index contributed by atoms with van der Waals surface area (Å²) in [6, 6.07) is 0. The topological polar surface area (TPSA) is 71.5 Å². The Morgan fingerprint density at radius 2 is 2.21 bits per heavy atom. The minimum atomic E-state index is -0.175. The van der Waals surface area contributed by atoms with Crippen LogP contribution in [0.5, 0.6) is 0 Å². The molecule has 0 bridgehead atoms. The Labute approximate surface area is 80.2 Å². The van der Waals surface area contributed by atoms with E-state index in [1.54, 1.807) is 6.20 Å². The predicted octanol–water partition coefficient (Wildman–Crippen LogP) is 0.837. The van der Waals surface area contributed by atoms with Crippen LogP contribution >= 0.6 is 0 Å². The van der Waals surface area contributed by atoms with Crippen molar-refractivity contribution in [2.75, 3.05) is 0 Å². The van der Waals surface area contributed by atoms with Crippen molar-refractivity contribution in [2.45, 2.75) is 19.8 Å². The molecule has 0 fully saturated rings. The molecule has 0 aliphatic carbocycles. The predicted molar refractivity (Wildman–Crippen MR) is 52.0 cm³/mol. The second-order valence-corrected chi connectivity index (χ2v) is 3.36. The van der Waals surface area contributed by atoms with Crippen molar-refractivity contribution in [3.63, 3.8) is 0 Å². The van der Waals surface area contributed by atoms with Gasteiger partial charge in [-0.3, -0.25) is 4.79 Å². The number of hydrogen-bond donors (Lipinski definition) is 1. The molecule has 0 saturated heterocycles. The van der Waals surface area contributed by atoms with Crippen molar-refractivity contribution < 1.29 is 0 Å². The van der Waals surface area contributed by atoms with E-state index in [2.05, 4.69) is 19.9 Å². The number of rotatable bonds is 1. The average molecular weight is 190 g/mol. The van der Waals surface area contributed by atoms with Crippen LogP contribution in [0.25, 0.3) is 11.2 Å². The molecule has 0 aromatic carbocycles. The molecule has 0 saturated carbocycles. The van der Waals surface area contributed by atoms with Crippen molar-refractivity contribution in [1.82, 2.24) is 19.9 Å². The molecular weight excluding hydrogens is 180 g/mol. The summed E-state index contributed by atoms with van der Waals surface area (Å²) in [6.07, 6.45) is 2.97. The van der Waals surface area contributed by atoms with Gasteiger partial charge in [0.1, 0.15) is 17.5 Å². The molecule has 14 heavy (non-hydrogen) atoms. The summed E-state index contributed by atoms with van der Waals surface area (Å²) < 4.78 is 0. The molecule has 0 aliphatic heterocycles. The van der Waals surface area contributed by atoms with E-state index in [4.69, 9.17) is 0 Å². The lowest BCUT2D eigenvalue weighted by atomic mass is 10.1. The number of nitrogens with one attached hydrogen (secondary N) is 1. The standard InChI is InChI=1S/C9H10N4O/c1-5(2)7-9(14)13-8-6(12-7)3-10-4-11-8/h3-5H,1-2H3,(H,10,11,13,14). The molecule has 0 radical (unpaired) electrons. The molecule has 0 atom stereocenters. The SMILES string of the molecule is CC(C)c1nc2cncnc2[nH]c1=O. The van der Waals surface area contributed by atoms with Crippen molar-refractivity contribution in [3.05, 3.63) is 28.6 Å². The Hall–Kier alpha value is -1.78. The number of hydrogen-bond acceptors (Lipinski definition) is 4. The summed E-state index contributed by atoms with van der Waals surface area (Å²) in [4.78, 5) is 26.1. The van der Waals surface area contributed by atoms with Gasteiger partial charge in [0.2, 0.25) is 0 Å². The maximum absolute atomic E-state index is 11.5. The molecule has 5 nitrogen and oxygen atoms in total. The fourth-order valence-corrected chi connectivity index (χ4v) is 1.24. The second-order valence-electron chi connectivity index (χ2n) is 3.36. The molecule has 0 amide bonds. The quantitative estimate of drug-likeness (QED) is 0.723. The Kier molecular flexibility index (Phi) is 1.99. The zero-order valence-electron chi connectivity index (χ0n) is 7.98. The van der Waals surface area contributed by atoms with Crippen molar-refractivity contribution in [3.8, 4) is 0 Å². The first kappa shape index (κ1) is 8.80. The van der Waals surface area contributed by atoms with E-state index in [0.717, 1.165) is 0 Å². The average Bonchev–Trinajstić information content (AvgIpc) is 2.16. The van der Waals surface area contributed by atoms with Crippen molar-refractivity contribution >= 4 is 11.2 Å². The van der Waals surface area contributed by atoms with Crippen molar-refractivity contribution in [2.24, 2.45) is 0 Å². The van der Waals surface area contributed by atoms with Crippen LogP contribution in [-0.2, 0) is 0 Å². The van der Waals surface area contributed by atoms with Gasteiger partial charge in [0, 0.05) is 5.92 Å². The first-order chi connectivity index (χ1) is 6.68. The van der Waals surface area contributed by atoms with Crippen LogP contribution < -0.4 is 5.56 Å². The highest BCUT2D eigenvalue weighted by Gasteiger charge is 2.08. The molecule has 2 aromatic rings. The fourth-order valence-electron chi connectivity index (χ4n) is 1.24. The Balaban J connectivity index is 2.78. The van der Waals surface area contributed by atoms with Crippen LogP contribution in [-0.4, -0.2) is 19.9 Å². The van der Waals surface area contributed by atoms with Crippen LogP contribution in [0.4, 0.5) is 0 Å². The van der Waals surface area contributed by atoms with E-state index in [1.807, 2.05) is 13.8 Å². The largest absolute Gasteiger partial charge is 0.304 e. The molecule has 72 valence electrons. The first-order valence-electron chi connectivity index (χ1n) is 4.38. The zero-order chi connectivity index (χ0) is 10.1. The van der Waals surface area contributed by atoms with E-state index in [0.29, 0.717) is 16.9 Å². The molecule has 2 rings (SSSR count). The van der Waals surface area contributed by atoms with Crippen molar-refractivity contribution in [1.29, 1.82) is 0 Å². The Morgan fingerprint density at radius 3 is 2.93 bits per heavy atom. The molecule has 2 aromatic heterocycles. The van der Waals surface area contributed by atoms with Gasteiger partial charge in [0.05, 0.1) is 6.20 Å². The third kappa shape index (κ3) is 1.37. The summed E-state index contributed by atoms with van der Waals surface area (Å²) in [6.45, 7) is 3.85. The van der Waals surface area contributed by atoms with Gasteiger partial charge in [0.25, 0.3) is 5.56 Å². The van der Waals surface area contributed by atoms with Gasteiger partial charge in [-0.05, 0) is 0 Å². The lowest BCUT2D eigenvalue weighted by Crippen LogP contribution is -2.16. The summed E-state index contributed by atoms with van der Waals surface area (Å²) in [5.41, 5.74) is 1.45. The van der Waals surface area contributed by atoms with Gasteiger partial charge in [-0.15, -0.1) is 0 Å². The van der Waals surface area contributed by atoms with Crippen LogP contribution in [0.1, 0.15) is 25.5 Å². The molecular formula is C9H10N4O. The normalized spacial score (nSPS) is 11.1. The number of fused-ring (bicyclic) bond motifs is 1. The number of H-pyrrole nitrogens is 1. The van der Waals surface area contributed by atoms with Crippen LogP contribution in [0.2, 0.25) is 0 Å². The molecule has 5 heteroatoms. The van der Waals surface area contributed by atoms with Gasteiger partial charge in [0.15, 0.2) is 5.65 Å². The van der Waals surface area contributed by atoms with Gasteiger partial charge in [-0.25, -0.2) is 15.0 Å². The van der Waals surface area contributed by atoms with E-state index in [-0.39, 0.29) is 11.5 Å². The van der Waals surface area contributed by atoms with Crippen LogP contribution in [0.15, 0.2) is 17.3 Å². The minimum absolute atomic E-state index is 0.100. The maximum Gasteiger partial charge on any atom is 0.271 e. The number of nitrogens with zero attached hydrogens (tertiary/aromatic N) is 3. The van der Waals surface area contributed by atoms with Crippen LogP contribution in [0.3, 0.4) is 0 Å². The van der Waals surface area contributed by atoms with Gasteiger partial charge < -0.3 is 4.98 Å². The third-order valence-electron chi connectivity index (χ3n) is 1.95. The summed E-state index contributed by atoms with van der Waals surface area (Å²) in [5, 5.41) is 0. The zero-order valence-corrected chi connectivity index (χ0v) is 7.98. The van der Waals surface area contributed by atoms with Gasteiger partial charge in [-0.1, -0.05) is 13.8 Å². The summed E-state index contributed by atoms with van der Waals surface area (Å²) in [5.74, 6) is 0.100. The van der Waals surface area contributed by atoms with E-state index < -0.39 is 0 Å². The first-order valence-corrected chi connectivity index (χ1v) is 4.38. The Bertz CT molecular complexity index is 517. The smallest absolute Gasteiger partial charge is 0.271 e. The van der Waals surface area contributed by atoms with E-state index >= 15 is 0 Å². The molecule has 0 spiro atoms. The van der Waals surface area contributed by atoms with Crippen LogP contribution in [0, 0.1) is 0 Å². The lowest BCUT2D eigenvalue weighted by molar-refractivity contribution is 0.805. The summed E-state index contributed by atoms with van der Waals surface area (Å²) in [7, 11) is 0. The van der Waals surface area contributed by atoms with E-state index in [1.165, 1.54) is 6.33 Å². The lowest BCUT2D eigenvalue weighted by Gasteiger charge is -2.03. The fraction of sp³-hybridized carbons (Fsp3) is 0.333. The van der Waals surface area contributed by atoms with E-state index in [9.17, 15) is 4.79 Å². The molecule has 0 unspecified atom stereocenters. The highest BCUT2D eigenvalue weighted by atomic mass is 16.1.